The van der Waals surface area contributed by atoms with Gasteiger partial charge in [0.05, 0.1) is 20.3 Å². The van der Waals surface area contributed by atoms with Crippen molar-refractivity contribution in [3.8, 4) is 11.5 Å². The number of morpholine rings is 1. The van der Waals surface area contributed by atoms with Crippen LogP contribution in [0.25, 0.3) is 0 Å². The number of phenolic OH excluding ortho intramolecular Hbond substituents is 1. The second kappa shape index (κ2) is 9.16. The number of ether oxygens (including phenoxy) is 2. The highest BCUT2D eigenvalue weighted by Gasteiger charge is 2.37. The van der Waals surface area contributed by atoms with E-state index in [0.29, 0.717) is 5.75 Å². The number of nitrogens with zero attached hydrogens (tertiary/aromatic N) is 1. The van der Waals surface area contributed by atoms with E-state index in [2.05, 4.69) is 34.5 Å². The van der Waals surface area contributed by atoms with Gasteiger partial charge in [-0.25, -0.2) is 0 Å². The van der Waals surface area contributed by atoms with Gasteiger partial charge in [0.1, 0.15) is 11.5 Å². The van der Waals surface area contributed by atoms with E-state index in [0.717, 1.165) is 63.5 Å². The van der Waals surface area contributed by atoms with E-state index in [1.54, 1.807) is 7.11 Å². The number of rotatable bonds is 7. The third kappa shape index (κ3) is 4.58. The summed E-state index contributed by atoms with van der Waals surface area (Å²) in [6.07, 6.45) is 4.68. The van der Waals surface area contributed by atoms with Gasteiger partial charge in [-0.1, -0.05) is 37.1 Å². The molecule has 5 nitrogen and oxygen atoms in total. The van der Waals surface area contributed by atoms with Gasteiger partial charge in [0.15, 0.2) is 0 Å². The molecule has 0 spiro atoms. The molecule has 0 radical (unpaired) electrons. The molecule has 5 heteroatoms. The Hall–Kier alpha value is -2.08. The number of hydrogen-bond acceptors (Lipinski definition) is 5. The van der Waals surface area contributed by atoms with Crippen LogP contribution in [0.1, 0.15) is 42.4 Å². The van der Waals surface area contributed by atoms with Crippen LogP contribution < -0.4 is 10.1 Å². The second-order valence-electron chi connectivity index (χ2n) is 8.19. The lowest BCUT2D eigenvalue weighted by molar-refractivity contribution is 0.0339. The molecule has 1 heterocycles. The fourth-order valence-electron chi connectivity index (χ4n) is 4.71. The lowest BCUT2D eigenvalue weighted by Gasteiger charge is -2.33. The third-order valence-electron chi connectivity index (χ3n) is 6.35. The predicted molar refractivity (Wildman–Crippen MR) is 114 cm³/mol. The van der Waals surface area contributed by atoms with E-state index >= 15 is 0 Å². The van der Waals surface area contributed by atoms with Crippen molar-refractivity contribution in [2.75, 3.05) is 33.4 Å². The summed E-state index contributed by atoms with van der Waals surface area (Å²) in [6, 6.07) is 14.4. The Morgan fingerprint density at radius 2 is 1.86 bits per heavy atom. The van der Waals surface area contributed by atoms with E-state index in [4.69, 9.17) is 9.47 Å². The minimum Gasteiger partial charge on any atom is -0.508 e. The SMILES string of the molecule is COc1ccccc1C1(NCc2ccc(O)c(CN3CCOCC3)c2)CCCC1. The summed E-state index contributed by atoms with van der Waals surface area (Å²) in [5.74, 6) is 1.33. The van der Waals surface area contributed by atoms with Crippen LogP contribution in [-0.2, 0) is 23.4 Å². The summed E-state index contributed by atoms with van der Waals surface area (Å²) in [5, 5.41) is 14.2. The number of methoxy groups -OCH3 is 1. The first kappa shape index (κ1) is 20.2. The molecule has 0 unspecified atom stereocenters. The Labute approximate surface area is 173 Å². The Bertz CT molecular complexity index is 812. The molecule has 0 atom stereocenters. The molecule has 156 valence electrons. The van der Waals surface area contributed by atoms with Gasteiger partial charge in [0.25, 0.3) is 0 Å². The number of aromatic hydroxyl groups is 1. The largest absolute Gasteiger partial charge is 0.508 e. The molecule has 1 saturated heterocycles. The van der Waals surface area contributed by atoms with Gasteiger partial charge in [0, 0.05) is 42.8 Å². The Kier molecular flexibility index (Phi) is 6.38. The van der Waals surface area contributed by atoms with Crippen LogP contribution in [0.4, 0.5) is 0 Å². The van der Waals surface area contributed by atoms with Crippen LogP contribution >= 0.6 is 0 Å². The van der Waals surface area contributed by atoms with Gasteiger partial charge in [-0.3, -0.25) is 4.90 Å². The van der Waals surface area contributed by atoms with Gasteiger partial charge in [-0.15, -0.1) is 0 Å². The monoisotopic (exact) mass is 396 g/mol. The molecule has 2 N–H and O–H groups in total. The van der Waals surface area contributed by atoms with Gasteiger partial charge in [0.2, 0.25) is 0 Å². The molecule has 2 aromatic rings. The summed E-state index contributed by atoms with van der Waals surface area (Å²) >= 11 is 0. The van der Waals surface area contributed by atoms with Gasteiger partial charge < -0.3 is 19.9 Å². The minimum atomic E-state index is -0.0468. The highest BCUT2D eigenvalue weighted by Crippen LogP contribution is 2.42. The number of benzene rings is 2. The zero-order valence-corrected chi connectivity index (χ0v) is 17.3. The molecule has 2 fully saturated rings. The van der Waals surface area contributed by atoms with Crippen molar-refractivity contribution in [1.82, 2.24) is 10.2 Å². The molecule has 0 bridgehead atoms. The normalized spacial score (nSPS) is 19.3. The molecule has 1 aliphatic heterocycles. The van der Waals surface area contributed by atoms with Crippen LogP contribution in [0.5, 0.6) is 11.5 Å². The zero-order valence-electron chi connectivity index (χ0n) is 17.3. The van der Waals surface area contributed by atoms with E-state index in [1.165, 1.54) is 24.0 Å². The Balaban J connectivity index is 1.50. The molecule has 4 rings (SSSR count). The summed E-state index contributed by atoms with van der Waals surface area (Å²) in [5.41, 5.74) is 3.40. The third-order valence-corrected chi connectivity index (χ3v) is 6.35. The lowest BCUT2D eigenvalue weighted by Crippen LogP contribution is -2.39. The fourth-order valence-corrected chi connectivity index (χ4v) is 4.71. The van der Waals surface area contributed by atoms with Crippen molar-refractivity contribution >= 4 is 0 Å². The standard InChI is InChI=1S/C24H32N2O3/c1-28-23-7-3-2-6-21(23)24(10-4-5-11-24)25-17-19-8-9-22(27)20(16-19)18-26-12-14-29-15-13-26/h2-3,6-9,16,25,27H,4-5,10-15,17-18H2,1H3. The molecule has 29 heavy (non-hydrogen) atoms. The summed E-state index contributed by atoms with van der Waals surface area (Å²) in [7, 11) is 1.75. The topological polar surface area (TPSA) is 54.0 Å². The summed E-state index contributed by atoms with van der Waals surface area (Å²) in [4.78, 5) is 2.34. The van der Waals surface area contributed by atoms with Crippen molar-refractivity contribution in [3.05, 3.63) is 59.2 Å². The molecule has 2 aromatic carbocycles. The maximum atomic E-state index is 10.3. The molecule has 0 aromatic heterocycles. The van der Waals surface area contributed by atoms with E-state index in [9.17, 15) is 5.11 Å². The zero-order chi connectivity index (χ0) is 20.1. The van der Waals surface area contributed by atoms with E-state index < -0.39 is 0 Å². The van der Waals surface area contributed by atoms with Crippen molar-refractivity contribution in [1.29, 1.82) is 0 Å². The van der Waals surface area contributed by atoms with Crippen LogP contribution in [0, 0.1) is 0 Å². The van der Waals surface area contributed by atoms with Crippen LogP contribution in [0.3, 0.4) is 0 Å². The van der Waals surface area contributed by atoms with Crippen LogP contribution in [0.2, 0.25) is 0 Å². The Morgan fingerprint density at radius 3 is 2.62 bits per heavy atom. The highest BCUT2D eigenvalue weighted by molar-refractivity contribution is 5.41. The number of hydrogen-bond donors (Lipinski definition) is 2. The summed E-state index contributed by atoms with van der Waals surface area (Å²) < 4.78 is 11.1. The van der Waals surface area contributed by atoms with Crippen molar-refractivity contribution in [3.63, 3.8) is 0 Å². The van der Waals surface area contributed by atoms with E-state index in [1.807, 2.05) is 18.2 Å². The number of para-hydroxylation sites is 1. The quantitative estimate of drug-likeness (QED) is 0.746. The first-order valence-corrected chi connectivity index (χ1v) is 10.7. The fraction of sp³-hybridized carbons (Fsp3) is 0.500. The maximum Gasteiger partial charge on any atom is 0.123 e. The van der Waals surface area contributed by atoms with E-state index in [-0.39, 0.29) is 5.54 Å². The average Bonchev–Trinajstić information content (AvgIpc) is 3.25. The van der Waals surface area contributed by atoms with Crippen LogP contribution in [0.15, 0.2) is 42.5 Å². The molecular formula is C24H32N2O3. The smallest absolute Gasteiger partial charge is 0.123 e. The molecule has 2 aliphatic rings. The number of phenols is 1. The minimum absolute atomic E-state index is 0.0468. The Morgan fingerprint density at radius 1 is 1.10 bits per heavy atom. The lowest BCUT2D eigenvalue weighted by atomic mass is 9.87. The first-order valence-electron chi connectivity index (χ1n) is 10.7. The van der Waals surface area contributed by atoms with Crippen molar-refractivity contribution < 1.29 is 14.6 Å². The average molecular weight is 397 g/mol. The van der Waals surface area contributed by atoms with Crippen molar-refractivity contribution in [2.45, 2.75) is 44.3 Å². The van der Waals surface area contributed by atoms with Crippen LogP contribution in [-0.4, -0.2) is 43.4 Å². The highest BCUT2D eigenvalue weighted by atomic mass is 16.5. The van der Waals surface area contributed by atoms with Gasteiger partial charge in [-0.05, 0) is 36.6 Å². The second-order valence-corrected chi connectivity index (χ2v) is 8.19. The molecule has 1 saturated carbocycles. The van der Waals surface area contributed by atoms with Crippen molar-refractivity contribution in [2.24, 2.45) is 0 Å². The maximum absolute atomic E-state index is 10.3. The summed E-state index contributed by atoms with van der Waals surface area (Å²) in [6.45, 7) is 4.90. The van der Waals surface area contributed by atoms with Gasteiger partial charge in [-0.2, -0.15) is 0 Å². The first-order chi connectivity index (χ1) is 14.2. The number of nitrogens with one attached hydrogen (secondary N) is 1. The molecule has 1 aliphatic carbocycles. The predicted octanol–water partition coefficient (Wildman–Crippen LogP) is 3.79. The molecule has 0 amide bonds. The van der Waals surface area contributed by atoms with Gasteiger partial charge >= 0.3 is 0 Å². The molecular weight excluding hydrogens is 364 g/mol.